The maximum Gasteiger partial charge on any atom is 0.306 e. The second kappa shape index (κ2) is 20.3. The maximum absolute atomic E-state index is 12.0. The summed E-state index contributed by atoms with van der Waals surface area (Å²) in [7, 11) is 5.84. The van der Waals surface area contributed by atoms with E-state index in [1.807, 2.05) is 21.1 Å². The number of carbonyl (C=O) groups is 2. The van der Waals surface area contributed by atoms with Gasteiger partial charge >= 0.3 is 5.97 Å². The van der Waals surface area contributed by atoms with Crippen molar-refractivity contribution in [1.82, 2.24) is 0 Å². The van der Waals surface area contributed by atoms with Crippen LogP contribution in [0.15, 0.2) is 12.2 Å². The van der Waals surface area contributed by atoms with Gasteiger partial charge in [0.2, 0.25) is 0 Å². The molecule has 0 heterocycles. The maximum atomic E-state index is 12.0. The number of nitrogens with zero attached hydrogens (tertiary/aromatic N) is 1. The number of allylic oxidation sites excluding steroid dienone is 2. The average molecular weight is 454 g/mol. The van der Waals surface area contributed by atoms with Crippen molar-refractivity contribution in [1.29, 1.82) is 0 Å². The number of aliphatic carboxylic acids is 1. The molecule has 5 heteroatoms. The van der Waals surface area contributed by atoms with Gasteiger partial charge in [-0.15, -0.1) is 0 Å². The van der Waals surface area contributed by atoms with Crippen LogP contribution in [0.4, 0.5) is 0 Å². The molecule has 0 saturated carbocycles. The largest absolute Gasteiger partial charge is 0.550 e. The Hall–Kier alpha value is -1.36. The molecule has 5 nitrogen and oxygen atoms in total. The van der Waals surface area contributed by atoms with Gasteiger partial charge < -0.3 is 19.1 Å². The van der Waals surface area contributed by atoms with Crippen molar-refractivity contribution in [3.8, 4) is 0 Å². The molecule has 188 valence electrons. The summed E-state index contributed by atoms with van der Waals surface area (Å²) in [5, 5.41) is 10.9. The molecule has 0 fully saturated rings. The van der Waals surface area contributed by atoms with Crippen LogP contribution in [-0.2, 0) is 14.3 Å². The summed E-state index contributed by atoms with van der Waals surface area (Å²) < 4.78 is 5.93. The van der Waals surface area contributed by atoms with Crippen molar-refractivity contribution in [2.75, 3.05) is 27.7 Å². The monoisotopic (exact) mass is 453 g/mol. The predicted octanol–water partition coefficient (Wildman–Crippen LogP) is 5.56. The third kappa shape index (κ3) is 23.3. The van der Waals surface area contributed by atoms with Crippen LogP contribution < -0.4 is 5.11 Å². The van der Waals surface area contributed by atoms with Crippen molar-refractivity contribution in [2.45, 2.75) is 122 Å². The van der Waals surface area contributed by atoms with Gasteiger partial charge in [-0.2, -0.15) is 0 Å². The first-order chi connectivity index (χ1) is 15.2. The Morgan fingerprint density at radius 1 is 0.781 bits per heavy atom. The minimum atomic E-state index is -1.18. The lowest BCUT2D eigenvalue weighted by Gasteiger charge is -2.29. The Morgan fingerprint density at radius 3 is 1.72 bits per heavy atom. The van der Waals surface area contributed by atoms with E-state index < -0.39 is 12.1 Å². The number of ether oxygens (including phenoxy) is 1. The van der Waals surface area contributed by atoms with Crippen molar-refractivity contribution in [2.24, 2.45) is 0 Å². The van der Waals surface area contributed by atoms with E-state index in [4.69, 9.17) is 4.74 Å². The lowest BCUT2D eigenvalue weighted by atomic mass is 10.1. The smallest absolute Gasteiger partial charge is 0.306 e. The van der Waals surface area contributed by atoms with E-state index in [-0.39, 0.29) is 12.4 Å². The normalized spacial score (nSPS) is 12.9. The Kier molecular flexibility index (Phi) is 19.4. The Balaban J connectivity index is 3.56. The van der Waals surface area contributed by atoms with Crippen LogP contribution in [0, 0.1) is 0 Å². The Morgan fingerprint density at radius 2 is 1.25 bits per heavy atom. The molecule has 0 amide bonds. The van der Waals surface area contributed by atoms with E-state index in [1.54, 1.807) is 0 Å². The molecular weight excluding hydrogens is 402 g/mol. The number of carboxylic acid groups (broad SMARTS) is 1. The zero-order valence-corrected chi connectivity index (χ0v) is 21.5. The number of hydrogen-bond donors (Lipinski definition) is 0. The summed E-state index contributed by atoms with van der Waals surface area (Å²) in [6.07, 6.45) is 22.8. The number of rotatable bonds is 22. The second-order valence-corrected chi connectivity index (χ2v) is 10.2. The quantitative estimate of drug-likeness (QED) is 0.0931. The molecule has 0 saturated heterocycles. The first-order valence-corrected chi connectivity index (χ1v) is 13.1. The number of likely N-dealkylation sites (N-methyl/N-ethyl adjacent to an activating group) is 1. The average Bonchev–Trinajstić information content (AvgIpc) is 2.68. The first-order valence-electron chi connectivity index (χ1n) is 13.1. The fourth-order valence-corrected chi connectivity index (χ4v) is 3.88. The fourth-order valence-electron chi connectivity index (χ4n) is 3.88. The van der Waals surface area contributed by atoms with E-state index in [0.29, 0.717) is 17.4 Å². The molecular formula is C27H51NO4. The van der Waals surface area contributed by atoms with Crippen LogP contribution in [0.2, 0.25) is 0 Å². The third-order valence-corrected chi connectivity index (χ3v) is 5.59. The highest BCUT2D eigenvalue weighted by molar-refractivity contribution is 5.70. The number of carboxylic acids is 1. The number of hydrogen-bond acceptors (Lipinski definition) is 4. The van der Waals surface area contributed by atoms with Gasteiger partial charge in [-0.3, -0.25) is 4.79 Å². The molecule has 0 aliphatic rings. The number of carbonyl (C=O) groups excluding carboxylic acids is 2. The highest BCUT2D eigenvalue weighted by Gasteiger charge is 2.22. The lowest BCUT2D eigenvalue weighted by molar-refractivity contribution is -0.873. The summed E-state index contributed by atoms with van der Waals surface area (Å²) in [6, 6.07) is 0. The molecule has 0 N–H and O–H groups in total. The molecule has 1 unspecified atom stereocenters. The van der Waals surface area contributed by atoms with Gasteiger partial charge in [-0.1, -0.05) is 83.3 Å². The van der Waals surface area contributed by atoms with E-state index in [9.17, 15) is 14.7 Å². The van der Waals surface area contributed by atoms with Crippen LogP contribution >= 0.6 is 0 Å². The molecule has 0 aromatic heterocycles. The standard InChI is InChI=1S/C27H51NO4/c1-5-6-7-8-9-10-11-12-13-14-15-16-17-18-19-20-21-22-27(31)32-25(23-26(29)30)24-28(2,3)4/h10-11,25H,5-9,12-24H2,1-4H3/b11-10+. The van der Waals surface area contributed by atoms with Gasteiger partial charge in [0.05, 0.1) is 21.1 Å². The van der Waals surface area contributed by atoms with E-state index >= 15 is 0 Å². The van der Waals surface area contributed by atoms with Crippen LogP contribution in [-0.4, -0.2) is 50.2 Å². The molecule has 32 heavy (non-hydrogen) atoms. The number of unbranched alkanes of at least 4 members (excludes halogenated alkanes) is 13. The highest BCUT2D eigenvalue weighted by Crippen LogP contribution is 2.13. The first kappa shape index (κ1) is 30.6. The summed E-state index contributed by atoms with van der Waals surface area (Å²) in [6.45, 7) is 2.72. The highest BCUT2D eigenvalue weighted by atomic mass is 16.5. The van der Waals surface area contributed by atoms with Gasteiger partial charge in [0.25, 0.3) is 0 Å². The van der Waals surface area contributed by atoms with Gasteiger partial charge in [-0.05, 0) is 32.1 Å². The Labute approximate surface area is 198 Å². The molecule has 0 rings (SSSR count). The minimum Gasteiger partial charge on any atom is -0.550 e. The van der Waals surface area contributed by atoms with Crippen molar-refractivity contribution in [3.63, 3.8) is 0 Å². The predicted molar refractivity (Wildman–Crippen MR) is 131 cm³/mol. The van der Waals surface area contributed by atoms with Crippen LogP contribution in [0.25, 0.3) is 0 Å². The van der Waals surface area contributed by atoms with Crippen LogP contribution in [0.5, 0.6) is 0 Å². The van der Waals surface area contributed by atoms with Crippen molar-refractivity contribution in [3.05, 3.63) is 12.2 Å². The molecule has 0 spiro atoms. The second-order valence-electron chi connectivity index (χ2n) is 10.2. The minimum absolute atomic E-state index is 0.239. The summed E-state index contributed by atoms with van der Waals surface area (Å²) >= 11 is 0. The number of esters is 1. The molecule has 0 aromatic carbocycles. The van der Waals surface area contributed by atoms with Crippen molar-refractivity contribution < 1.29 is 23.9 Å². The lowest BCUT2D eigenvalue weighted by Crippen LogP contribution is -2.45. The third-order valence-electron chi connectivity index (χ3n) is 5.59. The molecule has 0 radical (unpaired) electrons. The van der Waals surface area contributed by atoms with Gasteiger partial charge in [0.15, 0.2) is 6.10 Å². The molecule has 0 aromatic rings. The molecule has 1 atom stereocenters. The van der Waals surface area contributed by atoms with Gasteiger partial charge in [-0.25, -0.2) is 0 Å². The number of quaternary nitrogens is 1. The molecule has 0 aliphatic heterocycles. The van der Waals surface area contributed by atoms with Crippen LogP contribution in [0.1, 0.15) is 116 Å². The topological polar surface area (TPSA) is 66.4 Å². The van der Waals surface area contributed by atoms with Crippen LogP contribution in [0.3, 0.4) is 0 Å². The van der Waals surface area contributed by atoms with E-state index in [1.165, 1.54) is 77.0 Å². The Bertz CT molecular complexity index is 496. The summed E-state index contributed by atoms with van der Waals surface area (Å²) in [4.78, 5) is 22.9. The zero-order valence-electron chi connectivity index (χ0n) is 21.5. The summed E-state index contributed by atoms with van der Waals surface area (Å²) in [5.74, 6) is -1.47. The van der Waals surface area contributed by atoms with E-state index in [0.717, 1.165) is 19.3 Å². The zero-order chi connectivity index (χ0) is 24.1. The van der Waals surface area contributed by atoms with Gasteiger partial charge in [0.1, 0.15) is 6.54 Å². The van der Waals surface area contributed by atoms with Crippen molar-refractivity contribution >= 4 is 11.9 Å². The van der Waals surface area contributed by atoms with E-state index in [2.05, 4.69) is 19.1 Å². The summed E-state index contributed by atoms with van der Waals surface area (Å²) in [5.41, 5.74) is 0. The fraction of sp³-hybridized carbons (Fsp3) is 0.852. The molecule has 0 bridgehead atoms. The van der Waals surface area contributed by atoms with Gasteiger partial charge in [0, 0.05) is 18.8 Å². The SMILES string of the molecule is CCCCCC/C=C/CCCCCCCCCCCC(=O)OC(CC(=O)[O-])C[N+](C)(C)C. The molecule has 0 aliphatic carbocycles.